The summed E-state index contributed by atoms with van der Waals surface area (Å²) in [5.41, 5.74) is 1.60. The largest absolute Gasteiger partial charge is 0.487 e. The first kappa shape index (κ1) is 23.0. The molecule has 0 aliphatic carbocycles. The van der Waals surface area contributed by atoms with Crippen LogP contribution in [0.3, 0.4) is 0 Å². The van der Waals surface area contributed by atoms with E-state index in [1.807, 2.05) is 6.07 Å². The molecule has 33 heavy (non-hydrogen) atoms. The van der Waals surface area contributed by atoms with Crippen molar-refractivity contribution in [2.24, 2.45) is 0 Å². The number of methoxy groups -OCH3 is 1. The summed E-state index contributed by atoms with van der Waals surface area (Å²) in [6.07, 6.45) is 0. The molecule has 0 atom stereocenters. The molecule has 0 saturated heterocycles. The summed E-state index contributed by atoms with van der Waals surface area (Å²) in [7, 11) is 1.26. The van der Waals surface area contributed by atoms with Gasteiger partial charge in [0, 0.05) is 21.7 Å². The average Bonchev–Trinajstić information content (AvgIpc) is 2.81. The van der Waals surface area contributed by atoms with Crippen LogP contribution < -0.4 is 4.74 Å². The Kier molecular flexibility index (Phi) is 7.11. The lowest BCUT2D eigenvalue weighted by molar-refractivity contribution is 0.0590. The van der Waals surface area contributed by atoms with E-state index in [0.29, 0.717) is 27.1 Å². The minimum atomic E-state index is -0.648. The number of aromatic nitrogens is 1. The zero-order valence-electron chi connectivity index (χ0n) is 17.5. The van der Waals surface area contributed by atoms with Crippen LogP contribution in [0.5, 0.6) is 5.75 Å². The number of carbonyl (C=O) groups excluding carboxylic acids is 1. The maximum atomic E-state index is 14.3. The third kappa shape index (κ3) is 5.10. The monoisotopic (exact) mass is 485 g/mol. The third-order valence-corrected chi connectivity index (χ3v) is 6.24. The molecular weight excluding hydrogens is 468 g/mol. The van der Waals surface area contributed by atoms with Crippen molar-refractivity contribution < 1.29 is 23.0 Å². The highest BCUT2D eigenvalue weighted by molar-refractivity contribution is 7.98. The Morgan fingerprint density at radius 3 is 2.61 bits per heavy atom. The van der Waals surface area contributed by atoms with Gasteiger partial charge >= 0.3 is 5.97 Å². The molecule has 0 radical (unpaired) electrons. The molecule has 0 fully saturated rings. The van der Waals surface area contributed by atoms with Gasteiger partial charge in [0.1, 0.15) is 34.6 Å². The number of rotatable bonds is 7. The molecule has 0 amide bonds. The van der Waals surface area contributed by atoms with Gasteiger partial charge in [0.05, 0.1) is 12.6 Å². The van der Waals surface area contributed by atoms with Crippen LogP contribution in [-0.4, -0.2) is 18.1 Å². The third-order valence-electron chi connectivity index (χ3n) is 4.89. The fourth-order valence-corrected chi connectivity index (χ4v) is 4.66. The van der Waals surface area contributed by atoms with Gasteiger partial charge in [0.15, 0.2) is 0 Å². The van der Waals surface area contributed by atoms with Gasteiger partial charge < -0.3 is 9.47 Å². The standard InChI is InChI=1S/C25H18ClF2NO3S/c1-31-25(30)22-23(32-13-15-6-4-7-16(27)12-15)17-8-2-3-11-21(17)29-24(22)33-14-18-19(26)9-5-10-20(18)28/h2-12H,13-14H2,1H3. The lowest BCUT2D eigenvalue weighted by Crippen LogP contribution is -2.10. The highest BCUT2D eigenvalue weighted by atomic mass is 35.5. The summed E-state index contributed by atoms with van der Waals surface area (Å²) in [5, 5.41) is 1.20. The molecule has 4 aromatic rings. The average molecular weight is 486 g/mol. The number of benzene rings is 3. The fourth-order valence-electron chi connectivity index (χ4n) is 3.29. The predicted octanol–water partition coefficient (Wildman–Crippen LogP) is 6.82. The van der Waals surface area contributed by atoms with E-state index < -0.39 is 11.8 Å². The molecule has 1 heterocycles. The van der Waals surface area contributed by atoms with E-state index in [4.69, 9.17) is 21.1 Å². The van der Waals surface area contributed by atoms with E-state index in [1.54, 1.807) is 36.4 Å². The Morgan fingerprint density at radius 2 is 1.85 bits per heavy atom. The van der Waals surface area contributed by atoms with Crippen LogP contribution >= 0.6 is 23.4 Å². The Bertz CT molecular complexity index is 1310. The molecule has 4 rings (SSSR count). The van der Waals surface area contributed by atoms with Crippen LogP contribution in [0, 0.1) is 11.6 Å². The molecule has 0 spiro atoms. The second-order valence-electron chi connectivity index (χ2n) is 7.04. The zero-order valence-corrected chi connectivity index (χ0v) is 19.1. The van der Waals surface area contributed by atoms with Crippen molar-refractivity contribution in [3.63, 3.8) is 0 Å². The minimum absolute atomic E-state index is 0.0268. The molecule has 0 unspecified atom stereocenters. The maximum absolute atomic E-state index is 14.3. The highest BCUT2D eigenvalue weighted by Crippen LogP contribution is 2.38. The Hall–Kier alpha value is -3.16. The number of thioether (sulfide) groups is 1. The fraction of sp³-hybridized carbons (Fsp3) is 0.120. The molecule has 0 N–H and O–H groups in total. The first-order valence-electron chi connectivity index (χ1n) is 9.92. The van der Waals surface area contributed by atoms with Crippen LogP contribution in [0.4, 0.5) is 8.78 Å². The van der Waals surface area contributed by atoms with Crippen LogP contribution in [0.25, 0.3) is 10.9 Å². The summed E-state index contributed by atoms with van der Waals surface area (Å²) in [4.78, 5) is 17.4. The van der Waals surface area contributed by atoms with Crippen molar-refractivity contribution in [2.75, 3.05) is 7.11 Å². The maximum Gasteiger partial charge on any atom is 0.344 e. The van der Waals surface area contributed by atoms with Crippen molar-refractivity contribution in [1.29, 1.82) is 0 Å². The number of nitrogens with zero attached hydrogens (tertiary/aromatic N) is 1. The number of pyridine rings is 1. The molecule has 4 nitrogen and oxygen atoms in total. The smallest absolute Gasteiger partial charge is 0.344 e. The Balaban J connectivity index is 1.78. The number of hydrogen-bond acceptors (Lipinski definition) is 5. The summed E-state index contributed by atoms with van der Waals surface area (Å²) >= 11 is 7.31. The molecular formula is C25H18ClF2NO3S. The lowest BCUT2D eigenvalue weighted by Gasteiger charge is -2.16. The molecule has 0 aliphatic rings. The van der Waals surface area contributed by atoms with Gasteiger partial charge in [0.25, 0.3) is 0 Å². The van der Waals surface area contributed by atoms with Gasteiger partial charge in [-0.15, -0.1) is 11.8 Å². The van der Waals surface area contributed by atoms with E-state index in [2.05, 4.69) is 4.98 Å². The second kappa shape index (κ2) is 10.2. The van der Waals surface area contributed by atoms with Crippen LogP contribution in [0.2, 0.25) is 5.02 Å². The van der Waals surface area contributed by atoms with Crippen molar-refractivity contribution in [3.8, 4) is 5.75 Å². The summed E-state index contributed by atoms with van der Waals surface area (Å²) in [5.74, 6) is -1.08. The second-order valence-corrected chi connectivity index (χ2v) is 8.41. The number of fused-ring (bicyclic) bond motifs is 1. The molecule has 0 aliphatic heterocycles. The van der Waals surface area contributed by atoms with Crippen molar-refractivity contribution in [1.82, 2.24) is 4.98 Å². The number of halogens is 3. The molecule has 0 saturated carbocycles. The van der Waals surface area contributed by atoms with E-state index in [0.717, 1.165) is 11.8 Å². The molecule has 8 heteroatoms. The first-order valence-corrected chi connectivity index (χ1v) is 11.3. The Morgan fingerprint density at radius 1 is 1.06 bits per heavy atom. The number of esters is 1. The van der Waals surface area contributed by atoms with Crippen LogP contribution in [0.15, 0.2) is 71.8 Å². The number of hydrogen-bond donors (Lipinski definition) is 0. The van der Waals surface area contributed by atoms with Gasteiger partial charge in [0.2, 0.25) is 0 Å². The van der Waals surface area contributed by atoms with E-state index in [9.17, 15) is 13.6 Å². The topological polar surface area (TPSA) is 48.4 Å². The van der Waals surface area contributed by atoms with E-state index >= 15 is 0 Å². The molecule has 0 bridgehead atoms. The normalized spacial score (nSPS) is 10.9. The highest BCUT2D eigenvalue weighted by Gasteiger charge is 2.24. The zero-order chi connectivity index (χ0) is 23.4. The van der Waals surface area contributed by atoms with Crippen molar-refractivity contribution >= 4 is 40.2 Å². The van der Waals surface area contributed by atoms with Crippen molar-refractivity contribution in [3.05, 3.63) is 100 Å². The van der Waals surface area contributed by atoms with E-state index in [1.165, 1.54) is 31.4 Å². The Labute approximate surface area is 198 Å². The minimum Gasteiger partial charge on any atom is -0.487 e. The van der Waals surface area contributed by atoms with E-state index in [-0.39, 0.29) is 34.5 Å². The first-order chi connectivity index (χ1) is 16.0. The van der Waals surface area contributed by atoms with Crippen LogP contribution in [-0.2, 0) is 17.1 Å². The summed E-state index contributed by atoms with van der Waals surface area (Å²) in [6.45, 7) is 0.0268. The van der Waals surface area contributed by atoms with Gasteiger partial charge in [-0.25, -0.2) is 18.6 Å². The predicted molar refractivity (Wildman–Crippen MR) is 125 cm³/mol. The molecule has 1 aromatic heterocycles. The van der Waals surface area contributed by atoms with Crippen LogP contribution in [0.1, 0.15) is 21.5 Å². The number of ether oxygens (including phenoxy) is 2. The lowest BCUT2D eigenvalue weighted by atomic mass is 10.1. The van der Waals surface area contributed by atoms with Crippen molar-refractivity contribution in [2.45, 2.75) is 17.4 Å². The number of carbonyl (C=O) groups is 1. The van der Waals surface area contributed by atoms with Gasteiger partial charge in [-0.2, -0.15) is 0 Å². The summed E-state index contributed by atoms with van der Waals surface area (Å²) < 4.78 is 38.9. The van der Waals surface area contributed by atoms with Gasteiger partial charge in [-0.05, 0) is 42.0 Å². The summed E-state index contributed by atoms with van der Waals surface area (Å²) in [6, 6.07) is 17.6. The van der Waals surface area contributed by atoms with Gasteiger partial charge in [-0.3, -0.25) is 0 Å². The quantitative estimate of drug-likeness (QED) is 0.212. The molecule has 168 valence electrons. The van der Waals surface area contributed by atoms with Gasteiger partial charge in [-0.1, -0.05) is 41.9 Å². The SMILES string of the molecule is COC(=O)c1c(SCc2c(F)cccc2Cl)nc2ccccc2c1OCc1cccc(F)c1. The molecule has 3 aromatic carbocycles. The number of para-hydroxylation sites is 1.